The Morgan fingerprint density at radius 1 is 1.32 bits per heavy atom. The zero-order chi connectivity index (χ0) is 20.3. The molecule has 0 saturated carbocycles. The molecule has 1 aliphatic heterocycles. The van der Waals surface area contributed by atoms with Crippen LogP contribution in [0.4, 0.5) is 4.79 Å². The third kappa shape index (κ3) is 4.76. The van der Waals surface area contributed by atoms with E-state index in [-0.39, 0.29) is 28.4 Å². The van der Waals surface area contributed by atoms with Gasteiger partial charge in [-0.1, -0.05) is 47.1 Å². The lowest BCUT2D eigenvalue weighted by atomic mass is 10.0. The van der Waals surface area contributed by atoms with Gasteiger partial charge < -0.3 is 10.1 Å². The lowest BCUT2D eigenvalue weighted by Gasteiger charge is -2.13. The predicted octanol–water partition coefficient (Wildman–Crippen LogP) is 3.22. The molecular formula is C18H15Cl2N3O4S. The molecule has 0 radical (unpaired) electrons. The van der Waals surface area contributed by atoms with Crippen molar-refractivity contribution in [2.45, 2.75) is 18.2 Å². The average molecular weight is 440 g/mol. The van der Waals surface area contributed by atoms with Crippen molar-refractivity contribution >= 4 is 52.0 Å². The van der Waals surface area contributed by atoms with E-state index in [1.54, 1.807) is 6.07 Å². The van der Waals surface area contributed by atoms with Gasteiger partial charge in [-0.05, 0) is 24.1 Å². The number of ether oxygens (including phenoxy) is 1. The number of carbonyl (C=O) groups is 3. The van der Waals surface area contributed by atoms with Crippen molar-refractivity contribution in [1.82, 2.24) is 15.6 Å². The Morgan fingerprint density at radius 3 is 2.75 bits per heavy atom. The van der Waals surface area contributed by atoms with Gasteiger partial charge in [-0.15, -0.1) is 0 Å². The molecule has 10 heteroatoms. The highest BCUT2D eigenvalue weighted by molar-refractivity contribution is 8.15. The van der Waals surface area contributed by atoms with Crippen LogP contribution in [0.1, 0.15) is 21.6 Å². The van der Waals surface area contributed by atoms with Crippen LogP contribution in [-0.4, -0.2) is 34.4 Å². The lowest BCUT2D eigenvalue weighted by molar-refractivity contribution is -0.118. The molecule has 2 N–H and O–H groups in total. The molecule has 146 valence electrons. The quantitative estimate of drug-likeness (QED) is 0.716. The maximum atomic E-state index is 12.4. The number of benzene rings is 1. The van der Waals surface area contributed by atoms with E-state index >= 15 is 0 Å². The molecule has 2 aromatic rings. The summed E-state index contributed by atoms with van der Waals surface area (Å²) >= 11 is 12.8. The number of hydrogen-bond acceptors (Lipinski definition) is 6. The second kappa shape index (κ2) is 8.81. The van der Waals surface area contributed by atoms with Crippen LogP contribution in [0, 0.1) is 0 Å². The molecule has 0 bridgehead atoms. The van der Waals surface area contributed by atoms with E-state index in [1.807, 2.05) is 12.1 Å². The number of pyridine rings is 1. The number of methoxy groups -OCH3 is 1. The number of hydrogen-bond donors (Lipinski definition) is 2. The number of imide groups is 1. The zero-order valence-corrected chi connectivity index (χ0v) is 17.0. The van der Waals surface area contributed by atoms with E-state index in [4.69, 9.17) is 27.9 Å². The second-order valence-corrected chi connectivity index (χ2v) is 7.92. The summed E-state index contributed by atoms with van der Waals surface area (Å²) in [4.78, 5) is 39.4. The third-order valence-electron chi connectivity index (χ3n) is 4.00. The Labute approximate surface area is 175 Å². The Bertz CT molecular complexity index is 954. The highest BCUT2D eigenvalue weighted by Crippen LogP contribution is 2.26. The van der Waals surface area contributed by atoms with E-state index in [0.29, 0.717) is 22.8 Å². The molecule has 1 aliphatic rings. The maximum absolute atomic E-state index is 12.4. The monoisotopic (exact) mass is 439 g/mol. The summed E-state index contributed by atoms with van der Waals surface area (Å²) in [6.45, 7) is 0.166. The number of halogens is 2. The summed E-state index contributed by atoms with van der Waals surface area (Å²) in [5.74, 6) is -0.173. The zero-order valence-electron chi connectivity index (χ0n) is 14.6. The minimum atomic E-state index is -0.472. The first-order valence-electron chi connectivity index (χ1n) is 8.14. The number of thioether (sulfide) groups is 1. The van der Waals surface area contributed by atoms with Crippen molar-refractivity contribution in [3.05, 3.63) is 57.3 Å². The van der Waals surface area contributed by atoms with E-state index in [0.717, 1.165) is 17.3 Å². The average Bonchev–Trinajstić information content (AvgIpc) is 2.96. The Hall–Kier alpha value is -2.29. The SMILES string of the molecule is COc1ccc(CC2SC(=O)NC2=O)cc1CNC(=O)c1ncc(Cl)cc1Cl. The summed E-state index contributed by atoms with van der Waals surface area (Å²) in [7, 11) is 1.52. The minimum Gasteiger partial charge on any atom is -0.496 e. The fourth-order valence-electron chi connectivity index (χ4n) is 2.68. The van der Waals surface area contributed by atoms with Crippen molar-refractivity contribution in [3.63, 3.8) is 0 Å². The van der Waals surface area contributed by atoms with Crippen molar-refractivity contribution in [1.29, 1.82) is 0 Å². The van der Waals surface area contributed by atoms with Gasteiger partial charge in [-0.25, -0.2) is 4.98 Å². The fraction of sp³-hybridized carbons (Fsp3) is 0.222. The number of carbonyl (C=O) groups excluding carboxylic acids is 3. The van der Waals surface area contributed by atoms with E-state index in [9.17, 15) is 14.4 Å². The molecule has 1 fully saturated rings. The molecule has 0 spiro atoms. The highest BCUT2D eigenvalue weighted by atomic mass is 35.5. The van der Waals surface area contributed by atoms with Crippen molar-refractivity contribution in [2.24, 2.45) is 0 Å². The molecule has 28 heavy (non-hydrogen) atoms. The van der Waals surface area contributed by atoms with E-state index < -0.39 is 11.2 Å². The van der Waals surface area contributed by atoms with Gasteiger partial charge in [-0.2, -0.15) is 0 Å². The third-order valence-corrected chi connectivity index (χ3v) is 5.47. The summed E-state index contributed by atoms with van der Waals surface area (Å²) in [5.41, 5.74) is 1.63. The van der Waals surface area contributed by atoms with Crippen LogP contribution in [0.3, 0.4) is 0 Å². The molecule has 1 aromatic heterocycles. The summed E-state index contributed by atoms with van der Waals surface area (Å²) in [6, 6.07) is 6.84. The van der Waals surface area contributed by atoms with E-state index in [1.165, 1.54) is 19.4 Å². The molecule has 2 heterocycles. The Morgan fingerprint density at radius 2 is 2.11 bits per heavy atom. The molecule has 1 atom stereocenters. The van der Waals surface area contributed by atoms with Crippen LogP contribution in [0.15, 0.2) is 30.5 Å². The predicted molar refractivity (Wildman–Crippen MR) is 107 cm³/mol. The molecular weight excluding hydrogens is 425 g/mol. The first-order chi connectivity index (χ1) is 13.4. The summed E-state index contributed by atoms with van der Waals surface area (Å²) < 4.78 is 5.34. The van der Waals surface area contributed by atoms with E-state index in [2.05, 4.69) is 15.6 Å². The van der Waals surface area contributed by atoms with Crippen LogP contribution >= 0.6 is 35.0 Å². The fourth-order valence-corrected chi connectivity index (χ4v) is 4.01. The normalized spacial score (nSPS) is 16.0. The standard InChI is InChI=1S/C18H15Cl2N3O4S/c1-27-13-3-2-9(5-14-16(24)23-18(26)28-14)4-10(13)7-22-17(25)15-12(20)6-11(19)8-21-15/h2-4,6,8,14H,5,7H2,1H3,(H,22,25)(H,23,24,26). The van der Waals surface area contributed by atoms with Crippen LogP contribution in [0.25, 0.3) is 0 Å². The smallest absolute Gasteiger partial charge is 0.286 e. The minimum absolute atomic E-state index is 0.0683. The maximum Gasteiger partial charge on any atom is 0.286 e. The van der Waals surface area contributed by atoms with Gasteiger partial charge in [0.25, 0.3) is 11.1 Å². The van der Waals surface area contributed by atoms with Crippen LogP contribution in [0.2, 0.25) is 10.0 Å². The van der Waals surface area contributed by atoms with Crippen molar-refractivity contribution in [2.75, 3.05) is 7.11 Å². The molecule has 1 aromatic carbocycles. The van der Waals surface area contributed by atoms with Gasteiger partial charge in [0.1, 0.15) is 11.4 Å². The number of rotatable bonds is 6. The number of nitrogens with one attached hydrogen (secondary N) is 2. The number of nitrogens with zero attached hydrogens (tertiary/aromatic N) is 1. The van der Waals surface area contributed by atoms with Gasteiger partial charge >= 0.3 is 0 Å². The largest absolute Gasteiger partial charge is 0.496 e. The van der Waals surface area contributed by atoms with Gasteiger partial charge in [0, 0.05) is 18.3 Å². The molecule has 3 amide bonds. The van der Waals surface area contributed by atoms with Gasteiger partial charge in [0.2, 0.25) is 5.91 Å². The molecule has 1 unspecified atom stereocenters. The van der Waals surface area contributed by atoms with Crippen LogP contribution < -0.4 is 15.4 Å². The Kier molecular flexibility index (Phi) is 6.43. The van der Waals surface area contributed by atoms with Crippen molar-refractivity contribution < 1.29 is 19.1 Å². The van der Waals surface area contributed by atoms with Crippen molar-refractivity contribution in [3.8, 4) is 5.75 Å². The lowest BCUT2D eigenvalue weighted by Crippen LogP contribution is -2.26. The second-order valence-electron chi connectivity index (χ2n) is 5.90. The number of amides is 3. The Balaban J connectivity index is 1.72. The molecule has 3 rings (SSSR count). The topological polar surface area (TPSA) is 97.4 Å². The first-order valence-corrected chi connectivity index (χ1v) is 9.77. The molecule has 7 nitrogen and oxygen atoms in total. The summed E-state index contributed by atoms with van der Waals surface area (Å²) in [5, 5.41) is 4.68. The molecule has 1 saturated heterocycles. The van der Waals surface area contributed by atoms with Gasteiger partial charge in [0.15, 0.2) is 0 Å². The van der Waals surface area contributed by atoms with Crippen LogP contribution in [0.5, 0.6) is 5.75 Å². The highest BCUT2D eigenvalue weighted by Gasteiger charge is 2.31. The number of aromatic nitrogens is 1. The first kappa shape index (κ1) is 20.4. The van der Waals surface area contributed by atoms with Crippen LogP contribution in [-0.2, 0) is 17.8 Å². The molecule has 0 aliphatic carbocycles. The summed E-state index contributed by atoms with van der Waals surface area (Å²) in [6.07, 6.45) is 1.73. The van der Waals surface area contributed by atoms with Gasteiger partial charge in [0.05, 0.1) is 22.4 Å². The van der Waals surface area contributed by atoms with Gasteiger partial charge in [-0.3, -0.25) is 19.7 Å².